The van der Waals surface area contributed by atoms with E-state index in [9.17, 15) is 4.79 Å². The van der Waals surface area contributed by atoms with Crippen molar-refractivity contribution in [3.63, 3.8) is 0 Å². The molecule has 0 aromatic rings. The van der Waals surface area contributed by atoms with Gasteiger partial charge in [0.25, 0.3) is 0 Å². The summed E-state index contributed by atoms with van der Waals surface area (Å²) < 4.78 is 0. The van der Waals surface area contributed by atoms with Crippen LogP contribution in [0, 0.1) is 0 Å². The van der Waals surface area contributed by atoms with Gasteiger partial charge in [-0.1, -0.05) is 69.1 Å². The maximum absolute atomic E-state index is 10.3. The second-order valence-electron chi connectivity index (χ2n) is 5.73. The summed E-state index contributed by atoms with van der Waals surface area (Å²) in [6.45, 7) is 2.24. The quantitative estimate of drug-likeness (QED) is 0.279. The summed E-state index contributed by atoms with van der Waals surface area (Å²) in [6, 6.07) is 0. The van der Waals surface area contributed by atoms with E-state index in [2.05, 4.69) is 43.4 Å². The highest BCUT2D eigenvalue weighted by atomic mass is 16.4. The van der Waals surface area contributed by atoms with Crippen molar-refractivity contribution in [3.8, 4) is 0 Å². The Kier molecular flexibility index (Phi) is 16.7. The first-order valence-corrected chi connectivity index (χ1v) is 8.94. The van der Waals surface area contributed by atoms with Crippen molar-refractivity contribution in [1.82, 2.24) is 0 Å². The van der Waals surface area contributed by atoms with Gasteiger partial charge in [-0.15, -0.1) is 0 Å². The number of allylic oxidation sites excluding steroid dienone is 6. The van der Waals surface area contributed by atoms with Crippen LogP contribution in [0.25, 0.3) is 0 Å². The number of hydrogen-bond donors (Lipinski definition) is 1. The first-order chi connectivity index (χ1) is 10.8. The molecular formula is C20H34O2. The van der Waals surface area contributed by atoms with Crippen molar-refractivity contribution >= 4 is 5.97 Å². The van der Waals surface area contributed by atoms with Crippen LogP contribution >= 0.6 is 0 Å². The lowest BCUT2D eigenvalue weighted by molar-refractivity contribution is -0.137. The number of hydrogen-bond acceptors (Lipinski definition) is 1. The van der Waals surface area contributed by atoms with E-state index in [0.717, 1.165) is 38.5 Å². The average molecular weight is 306 g/mol. The van der Waals surface area contributed by atoms with Crippen LogP contribution in [-0.4, -0.2) is 11.1 Å². The van der Waals surface area contributed by atoms with E-state index in [0.29, 0.717) is 6.42 Å². The van der Waals surface area contributed by atoms with Crippen LogP contribution in [-0.2, 0) is 4.79 Å². The molecule has 0 saturated carbocycles. The van der Waals surface area contributed by atoms with Gasteiger partial charge in [0, 0.05) is 6.42 Å². The number of rotatable bonds is 15. The highest BCUT2D eigenvalue weighted by molar-refractivity contribution is 5.66. The van der Waals surface area contributed by atoms with E-state index in [1.807, 2.05) is 0 Å². The Morgan fingerprint density at radius 2 is 1.23 bits per heavy atom. The summed E-state index contributed by atoms with van der Waals surface area (Å²) in [5.41, 5.74) is 0. The molecule has 0 aromatic heterocycles. The first-order valence-electron chi connectivity index (χ1n) is 8.94. The van der Waals surface area contributed by atoms with Crippen LogP contribution < -0.4 is 0 Å². The number of carboxylic acid groups (broad SMARTS) is 1. The standard InChI is InChI=1S/C20H34O2/c1-2-3-4-5-6-7-8-9-10-11-12-13-14-15-16-17-18-19-20(21)22/h6-7,9-10,12-13H,2-5,8,11,14-19H2,1H3,(H,21,22). The zero-order valence-electron chi connectivity index (χ0n) is 14.3. The number of carboxylic acids is 1. The average Bonchev–Trinajstić information content (AvgIpc) is 2.50. The van der Waals surface area contributed by atoms with E-state index in [4.69, 9.17) is 5.11 Å². The Labute approximate surface area is 137 Å². The molecule has 0 spiro atoms. The second kappa shape index (κ2) is 17.7. The zero-order chi connectivity index (χ0) is 16.3. The lowest BCUT2D eigenvalue weighted by Crippen LogP contribution is -1.93. The molecule has 0 heterocycles. The molecule has 1 N–H and O–H groups in total. The van der Waals surface area contributed by atoms with Gasteiger partial charge in [0.2, 0.25) is 0 Å². The molecule has 0 saturated heterocycles. The third kappa shape index (κ3) is 18.7. The minimum absolute atomic E-state index is 0.313. The fourth-order valence-electron chi connectivity index (χ4n) is 2.18. The van der Waals surface area contributed by atoms with Gasteiger partial charge in [0.1, 0.15) is 0 Å². The fraction of sp³-hybridized carbons (Fsp3) is 0.650. The molecule has 0 bridgehead atoms. The fourth-order valence-corrected chi connectivity index (χ4v) is 2.18. The largest absolute Gasteiger partial charge is 0.481 e. The molecule has 0 atom stereocenters. The van der Waals surface area contributed by atoms with Gasteiger partial charge < -0.3 is 5.11 Å². The van der Waals surface area contributed by atoms with E-state index < -0.39 is 5.97 Å². The molecule has 2 nitrogen and oxygen atoms in total. The lowest BCUT2D eigenvalue weighted by atomic mass is 10.1. The van der Waals surface area contributed by atoms with Crippen molar-refractivity contribution < 1.29 is 9.90 Å². The molecule has 0 aliphatic rings. The monoisotopic (exact) mass is 306 g/mol. The van der Waals surface area contributed by atoms with Crippen LogP contribution in [0.2, 0.25) is 0 Å². The molecule has 0 amide bonds. The van der Waals surface area contributed by atoms with Gasteiger partial charge in [-0.25, -0.2) is 0 Å². The summed E-state index contributed by atoms with van der Waals surface area (Å²) in [7, 11) is 0. The summed E-state index contributed by atoms with van der Waals surface area (Å²) >= 11 is 0. The molecule has 0 radical (unpaired) electrons. The van der Waals surface area contributed by atoms with Crippen LogP contribution in [0.3, 0.4) is 0 Å². The highest BCUT2D eigenvalue weighted by Gasteiger charge is 1.95. The normalized spacial score (nSPS) is 12.0. The smallest absolute Gasteiger partial charge is 0.303 e. The lowest BCUT2D eigenvalue weighted by Gasteiger charge is -1.96. The number of aliphatic carboxylic acids is 1. The molecule has 0 unspecified atom stereocenters. The van der Waals surface area contributed by atoms with Gasteiger partial charge in [0.15, 0.2) is 0 Å². The number of carbonyl (C=O) groups is 1. The maximum Gasteiger partial charge on any atom is 0.303 e. The van der Waals surface area contributed by atoms with Gasteiger partial charge in [-0.05, 0) is 44.9 Å². The van der Waals surface area contributed by atoms with Crippen LogP contribution in [0.15, 0.2) is 36.5 Å². The van der Waals surface area contributed by atoms with E-state index in [-0.39, 0.29) is 0 Å². The zero-order valence-corrected chi connectivity index (χ0v) is 14.3. The SMILES string of the molecule is CCCCCC=CCC=CCC=CCCCCCCC(=O)O. The Bertz CT molecular complexity index is 327. The van der Waals surface area contributed by atoms with Crippen molar-refractivity contribution in [2.45, 2.75) is 84.0 Å². The van der Waals surface area contributed by atoms with E-state index in [1.54, 1.807) is 0 Å². The minimum Gasteiger partial charge on any atom is -0.481 e. The summed E-state index contributed by atoms with van der Waals surface area (Å²) in [5, 5.41) is 8.52. The second-order valence-corrected chi connectivity index (χ2v) is 5.73. The first kappa shape index (κ1) is 20.7. The van der Waals surface area contributed by atoms with Crippen molar-refractivity contribution in [3.05, 3.63) is 36.5 Å². The summed E-state index contributed by atoms with van der Waals surface area (Å²) in [5.74, 6) is -0.678. The molecule has 0 aliphatic heterocycles. The van der Waals surface area contributed by atoms with Crippen LogP contribution in [0.5, 0.6) is 0 Å². The molecule has 0 aliphatic carbocycles. The molecule has 0 rings (SSSR count). The van der Waals surface area contributed by atoms with Crippen LogP contribution in [0.1, 0.15) is 84.0 Å². The summed E-state index contributed by atoms with van der Waals surface area (Å²) in [4.78, 5) is 10.3. The van der Waals surface area contributed by atoms with Crippen LogP contribution in [0.4, 0.5) is 0 Å². The van der Waals surface area contributed by atoms with E-state index in [1.165, 1.54) is 32.1 Å². The molecule has 0 aromatic carbocycles. The van der Waals surface area contributed by atoms with Crippen molar-refractivity contribution in [2.24, 2.45) is 0 Å². The minimum atomic E-state index is -0.678. The molecule has 126 valence electrons. The van der Waals surface area contributed by atoms with Gasteiger partial charge in [-0.2, -0.15) is 0 Å². The molecular weight excluding hydrogens is 272 g/mol. The van der Waals surface area contributed by atoms with E-state index >= 15 is 0 Å². The third-order valence-electron chi connectivity index (χ3n) is 3.53. The Balaban J connectivity index is 3.29. The highest BCUT2D eigenvalue weighted by Crippen LogP contribution is 2.06. The Morgan fingerprint density at radius 3 is 1.77 bits per heavy atom. The predicted octanol–water partition coefficient (Wildman–Crippen LogP) is 6.44. The summed E-state index contributed by atoms with van der Waals surface area (Å²) in [6.07, 6.45) is 26.3. The molecule has 22 heavy (non-hydrogen) atoms. The number of unbranched alkanes of at least 4 members (excludes halogenated alkanes) is 7. The van der Waals surface area contributed by atoms with Crippen molar-refractivity contribution in [1.29, 1.82) is 0 Å². The predicted molar refractivity (Wildman–Crippen MR) is 96.1 cm³/mol. The van der Waals surface area contributed by atoms with Gasteiger partial charge >= 0.3 is 5.97 Å². The van der Waals surface area contributed by atoms with Gasteiger partial charge in [-0.3, -0.25) is 4.79 Å². The van der Waals surface area contributed by atoms with Crippen molar-refractivity contribution in [2.75, 3.05) is 0 Å². The molecule has 2 heteroatoms. The molecule has 0 fully saturated rings. The maximum atomic E-state index is 10.3. The van der Waals surface area contributed by atoms with Gasteiger partial charge in [0.05, 0.1) is 0 Å². The Hall–Kier alpha value is -1.31. The Morgan fingerprint density at radius 1 is 0.727 bits per heavy atom. The topological polar surface area (TPSA) is 37.3 Å². The third-order valence-corrected chi connectivity index (χ3v) is 3.53.